The quantitative estimate of drug-likeness (QED) is 0.0262. The van der Waals surface area contributed by atoms with Crippen molar-refractivity contribution in [3.05, 3.63) is 12.2 Å². The number of allylic oxidation sites excluding steroid dienone is 2. The van der Waals surface area contributed by atoms with Gasteiger partial charge >= 0.3 is 17.9 Å². The first-order chi connectivity index (χ1) is 30.0. The van der Waals surface area contributed by atoms with Gasteiger partial charge < -0.3 is 14.2 Å². The Morgan fingerprint density at radius 3 is 0.820 bits per heavy atom. The Balaban J connectivity index is 4.30. The molecule has 0 heterocycles. The van der Waals surface area contributed by atoms with Crippen LogP contribution in [0.3, 0.4) is 0 Å². The van der Waals surface area contributed by atoms with Crippen LogP contribution in [0.25, 0.3) is 0 Å². The predicted molar refractivity (Wildman–Crippen MR) is 261 cm³/mol. The summed E-state index contributed by atoms with van der Waals surface area (Å²) < 4.78 is 16.8. The standard InChI is InChI=1S/C55H104O6/c1-4-7-10-13-16-19-22-25-26-27-28-29-31-33-36-39-42-45-48-54(57)60-51-52(50-59-53(56)47-44-41-38-35-32-24-21-18-15-12-9-6-3)61-55(58)49-46-43-40-37-34-30-23-20-17-14-11-8-5-2/h28-29,52H,4-27,30-51H2,1-3H3/b29-28-. The van der Waals surface area contributed by atoms with Crippen molar-refractivity contribution in [1.82, 2.24) is 0 Å². The minimum absolute atomic E-state index is 0.0671. The fourth-order valence-corrected chi connectivity index (χ4v) is 8.14. The van der Waals surface area contributed by atoms with E-state index in [0.717, 1.165) is 64.2 Å². The number of rotatable bonds is 50. The third-order valence-corrected chi connectivity index (χ3v) is 12.3. The van der Waals surface area contributed by atoms with E-state index in [9.17, 15) is 14.4 Å². The number of hydrogen-bond donors (Lipinski definition) is 0. The van der Waals surface area contributed by atoms with Gasteiger partial charge in [0.05, 0.1) is 0 Å². The molecule has 360 valence electrons. The molecule has 0 aliphatic carbocycles. The van der Waals surface area contributed by atoms with E-state index in [1.54, 1.807) is 0 Å². The zero-order chi connectivity index (χ0) is 44.4. The highest BCUT2D eigenvalue weighted by Crippen LogP contribution is 2.16. The van der Waals surface area contributed by atoms with E-state index >= 15 is 0 Å². The van der Waals surface area contributed by atoms with Crippen molar-refractivity contribution in [3.63, 3.8) is 0 Å². The SMILES string of the molecule is CCCCCCCCCCC/C=C\CCCCCCCC(=O)OCC(COC(=O)CCCCCCCCCCCCCC)OC(=O)CCCCCCCCCCCCCCC. The number of hydrogen-bond acceptors (Lipinski definition) is 6. The number of esters is 3. The molecule has 0 aromatic rings. The Kier molecular flexibility index (Phi) is 49.3. The molecule has 0 aromatic carbocycles. The summed E-state index contributed by atoms with van der Waals surface area (Å²) in [5.41, 5.74) is 0. The molecule has 0 spiro atoms. The van der Waals surface area contributed by atoms with Crippen molar-refractivity contribution in [2.45, 2.75) is 309 Å². The molecule has 0 radical (unpaired) electrons. The summed E-state index contributed by atoms with van der Waals surface area (Å²) >= 11 is 0. The maximum absolute atomic E-state index is 12.8. The van der Waals surface area contributed by atoms with Gasteiger partial charge in [-0.15, -0.1) is 0 Å². The maximum Gasteiger partial charge on any atom is 0.306 e. The number of carbonyl (C=O) groups is 3. The molecule has 61 heavy (non-hydrogen) atoms. The molecule has 0 aliphatic heterocycles. The zero-order valence-electron chi connectivity index (χ0n) is 41.2. The van der Waals surface area contributed by atoms with Gasteiger partial charge in [-0.05, 0) is 44.9 Å². The smallest absolute Gasteiger partial charge is 0.306 e. The van der Waals surface area contributed by atoms with Gasteiger partial charge in [0, 0.05) is 19.3 Å². The van der Waals surface area contributed by atoms with E-state index in [0.29, 0.717) is 19.3 Å². The van der Waals surface area contributed by atoms with Crippen LogP contribution in [0.1, 0.15) is 303 Å². The number of unbranched alkanes of at least 4 members (excludes halogenated alkanes) is 37. The highest BCUT2D eigenvalue weighted by atomic mass is 16.6. The second-order valence-electron chi connectivity index (χ2n) is 18.5. The van der Waals surface area contributed by atoms with Crippen LogP contribution in [0.15, 0.2) is 12.2 Å². The summed E-state index contributed by atoms with van der Waals surface area (Å²) in [6.45, 7) is 6.67. The second kappa shape index (κ2) is 50.8. The molecule has 0 saturated carbocycles. The Morgan fingerprint density at radius 1 is 0.311 bits per heavy atom. The molecule has 0 fully saturated rings. The molecule has 0 aliphatic rings. The molecule has 0 rings (SSSR count). The summed E-state index contributed by atoms with van der Waals surface area (Å²) in [4.78, 5) is 38.0. The molecule has 1 unspecified atom stereocenters. The molecule has 1 atom stereocenters. The van der Waals surface area contributed by atoms with E-state index in [-0.39, 0.29) is 31.1 Å². The molecule has 6 heteroatoms. The molecule has 0 saturated heterocycles. The molecule has 6 nitrogen and oxygen atoms in total. The van der Waals surface area contributed by atoms with Crippen molar-refractivity contribution < 1.29 is 28.6 Å². The Labute approximate surface area is 380 Å². The van der Waals surface area contributed by atoms with Gasteiger partial charge in [-0.25, -0.2) is 0 Å². The lowest BCUT2D eigenvalue weighted by molar-refractivity contribution is -0.167. The monoisotopic (exact) mass is 861 g/mol. The van der Waals surface area contributed by atoms with E-state index in [1.807, 2.05) is 0 Å². The summed E-state index contributed by atoms with van der Waals surface area (Å²) in [5, 5.41) is 0. The van der Waals surface area contributed by atoms with E-state index in [2.05, 4.69) is 32.9 Å². The third kappa shape index (κ3) is 49.0. The first-order valence-corrected chi connectivity index (χ1v) is 27.2. The largest absolute Gasteiger partial charge is 0.462 e. The summed E-state index contributed by atoms with van der Waals surface area (Å²) in [6, 6.07) is 0. The first kappa shape index (κ1) is 59.1. The van der Waals surface area contributed by atoms with Crippen LogP contribution in [0.5, 0.6) is 0 Å². The fraction of sp³-hybridized carbons (Fsp3) is 0.909. The van der Waals surface area contributed by atoms with Crippen LogP contribution in [0.2, 0.25) is 0 Å². The molecular weight excluding hydrogens is 757 g/mol. The van der Waals surface area contributed by atoms with Crippen LogP contribution >= 0.6 is 0 Å². The minimum atomic E-state index is -0.766. The van der Waals surface area contributed by atoms with Crippen molar-refractivity contribution in [3.8, 4) is 0 Å². The van der Waals surface area contributed by atoms with Crippen molar-refractivity contribution in [2.24, 2.45) is 0 Å². The van der Waals surface area contributed by atoms with Gasteiger partial charge in [0.1, 0.15) is 13.2 Å². The van der Waals surface area contributed by atoms with Gasteiger partial charge in [0.25, 0.3) is 0 Å². The van der Waals surface area contributed by atoms with E-state index < -0.39 is 6.10 Å². The van der Waals surface area contributed by atoms with Crippen LogP contribution in [-0.4, -0.2) is 37.2 Å². The average Bonchev–Trinajstić information content (AvgIpc) is 3.26. The Morgan fingerprint density at radius 2 is 0.541 bits per heavy atom. The molecule has 0 aromatic heterocycles. The van der Waals surface area contributed by atoms with Gasteiger partial charge in [-0.3, -0.25) is 14.4 Å². The van der Waals surface area contributed by atoms with Crippen LogP contribution in [0.4, 0.5) is 0 Å². The zero-order valence-corrected chi connectivity index (χ0v) is 41.2. The summed E-state index contributed by atoms with van der Waals surface area (Å²) in [6.07, 6.45) is 56.2. The van der Waals surface area contributed by atoms with Crippen LogP contribution < -0.4 is 0 Å². The lowest BCUT2D eigenvalue weighted by Crippen LogP contribution is -2.30. The molecule has 0 bridgehead atoms. The number of carbonyl (C=O) groups excluding carboxylic acids is 3. The highest BCUT2D eigenvalue weighted by Gasteiger charge is 2.19. The average molecular weight is 861 g/mol. The Hall–Kier alpha value is -1.85. The fourth-order valence-electron chi connectivity index (χ4n) is 8.14. The summed E-state index contributed by atoms with van der Waals surface area (Å²) in [7, 11) is 0. The maximum atomic E-state index is 12.8. The van der Waals surface area contributed by atoms with Crippen molar-refractivity contribution in [2.75, 3.05) is 13.2 Å². The second-order valence-corrected chi connectivity index (χ2v) is 18.5. The van der Waals surface area contributed by atoms with E-state index in [4.69, 9.17) is 14.2 Å². The van der Waals surface area contributed by atoms with Gasteiger partial charge in [-0.1, -0.05) is 251 Å². The third-order valence-electron chi connectivity index (χ3n) is 12.3. The highest BCUT2D eigenvalue weighted by molar-refractivity contribution is 5.71. The first-order valence-electron chi connectivity index (χ1n) is 27.2. The minimum Gasteiger partial charge on any atom is -0.462 e. The lowest BCUT2D eigenvalue weighted by atomic mass is 10.0. The van der Waals surface area contributed by atoms with Crippen LogP contribution in [-0.2, 0) is 28.6 Å². The normalized spacial score (nSPS) is 12.0. The topological polar surface area (TPSA) is 78.9 Å². The van der Waals surface area contributed by atoms with Gasteiger partial charge in [0.2, 0.25) is 0 Å². The molecular formula is C55H104O6. The molecule has 0 N–H and O–H groups in total. The van der Waals surface area contributed by atoms with Crippen molar-refractivity contribution >= 4 is 17.9 Å². The van der Waals surface area contributed by atoms with Crippen LogP contribution in [0, 0.1) is 0 Å². The summed E-state index contributed by atoms with van der Waals surface area (Å²) in [5.74, 6) is -0.857. The predicted octanol–water partition coefficient (Wildman–Crippen LogP) is 17.8. The van der Waals surface area contributed by atoms with Gasteiger partial charge in [-0.2, -0.15) is 0 Å². The van der Waals surface area contributed by atoms with Crippen molar-refractivity contribution in [1.29, 1.82) is 0 Å². The Bertz CT molecular complexity index is 947. The van der Waals surface area contributed by atoms with Gasteiger partial charge in [0.15, 0.2) is 6.10 Å². The van der Waals surface area contributed by atoms with E-state index in [1.165, 1.54) is 199 Å². The molecule has 0 amide bonds. The number of ether oxygens (including phenoxy) is 3. The lowest BCUT2D eigenvalue weighted by Gasteiger charge is -2.18.